The maximum atomic E-state index is 8.52. The van der Waals surface area contributed by atoms with Gasteiger partial charge in [-0.2, -0.15) is 9.59 Å². The monoisotopic (exact) mass is 386 g/mol. The van der Waals surface area contributed by atoms with E-state index in [2.05, 4.69) is 0 Å². The summed E-state index contributed by atoms with van der Waals surface area (Å²) >= 11 is 0. The van der Waals surface area contributed by atoms with Gasteiger partial charge in [-0.25, -0.2) is 0 Å². The molecule has 0 aliphatic rings. The molecule has 0 aromatic carbocycles. The van der Waals surface area contributed by atoms with Crippen molar-refractivity contribution in [2.24, 2.45) is 0 Å². The Morgan fingerprint density at radius 1 is 0.500 bits per heavy atom. The van der Waals surface area contributed by atoms with Crippen LogP contribution in [-0.2, 0) is 40.8 Å². The quantitative estimate of drug-likeness (QED) is 0.213. The second-order valence-corrected chi connectivity index (χ2v) is 3.76. The van der Waals surface area contributed by atoms with E-state index in [1.165, 1.54) is 0 Å². The van der Waals surface area contributed by atoms with Crippen molar-refractivity contribution in [3.8, 4) is 0 Å². The molecule has 112 valence electrons. The standard InChI is InChI=1S/CO2.2Al.3H2O4S/c2-1-3;;;3*1-5(2,3)4/h;;;3*(H2,1,2,3,4)/q;2*+3;;;/p-6. The molecule has 0 atom stereocenters. The van der Waals surface area contributed by atoms with Crippen LogP contribution in [0, 0.1) is 0 Å². The summed E-state index contributed by atoms with van der Waals surface area (Å²) in [4.78, 5) is 16.2. The maximum absolute atomic E-state index is 8.52. The van der Waals surface area contributed by atoms with Gasteiger partial charge in [0.2, 0.25) is 0 Å². The molecule has 0 N–H and O–H groups in total. The van der Waals surface area contributed by atoms with E-state index in [0.717, 1.165) is 0 Å². The minimum atomic E-state index is -5.17. The zero-order valence-electron chi connectivity index (χ0n) is 8.59. The molecule has 0 amide bonds. The van der Waals surface area contributed by atoms with E-state index in [4.69, 9.17) is 62.2 Å². The topological polar surface area (TPSA) is 275 Å². The van der Waals surface area contributed by atoms with E-state index in [1.807, 2.05) is 0 Å². The molecule has 0 aliphatic heterocycles. The summed E-state index contributed by atoms with van der Waals surface area (Å²) in [6.45, 7) is 0. The van der Waals surface area contributed by atoms with Gasteiger partial charge in [0.25, 0.3) is 0 Å². The Morgan fingerprint density at radius 2 is 0.500 bits per heavy atom. The first-order valence-electron chi connectivity index (χ1n) is 2.41. The van der Waals surface area contributed by atoms with Gasteiger partial charge in [-0.05, 0) is 0 Å². The van der Waals surface area contributed by atoms with Crippen molar-refractivity contribution in [2.75, 3.05) is 0 Å². The third-order valence-corrected chi connectivity index (χ3v) is 0. The zero-order chi connectivity index (χ0) is 16.2. The first-order valence-corrected chi connectivity index (χ1v) is 6.41. The second-order valence-electron chi connectivity index (χ2n) is 1.31. The molecule has 0 spiro atoms. The van der Waals surface area contributed by atoms with E-state index >= 15 is 0 Å². The average Bonchev–Trinajstić information content (AvgIpc) is 1.71. The van der Waals surface area contributed by atoms with Crippen LogP contribution < -0.4 is 0 Å². The maximum Gasteiger partial charge on any atom is 3.00 e. The van der Waals surface area contributed by atoms with Crippen LogP contribution >= 0.6 is 0 Å². The molecule has 20 heavy (non-hydrogen) atoms. The van der Waals surface area contributed by atoms with E-state index < -0.39 is 31.2 Å². The van der Waals surface area contributed by atoms with Gasteiger partial charge in [-0.1, -0.05) is 0 Å². The molecule has 0 unspecified atom stereocenters. The number of hydrogen-bond donors (Lipinski definition) is 0. The largest absolute Gasteiger partial charge is 3.00 e. The first-order chi connectivity index (χ1) is 7.41. The minimum absolute atomic E-state index is 0. The Hall–Kier alpha value is 0.0549. The fraction of sp³-hybridized carbons (Fsp3) is 0. The third kappa shape index (κ3) is 1740000. The number of hydrogen-bond acceptors (Lipinski definition) is 14. The van der Waals surface area contributed by atoms with Gasteiger partial charge in [-0.3, -0.25) is 25.3 Å². The molecule has 0 aliphatic carbocycles. The van der Waals surface area contributed by atoms with Crippen LogP contribution in [0.15, 0.2) is 0 Å². The Morgan fingerprint density at radius 3 is 0.500 bits per heavy atom. The van der Waals surface area contributed by atoms with Crippen molar-refractivity contribution in [1.82, 2.24) is 0 Å². The number of rotatable bonds is 0. The van der Waals surface area contributed by atoms with Crippen LogP contribution in [0.3, 0.4) is 0 Å². The summed E-state index contributed by atoms with van der Waals surface area (Å²) in [6, 6.07) is 0. The van der Waals surface area contributed by atoms with Crippen LogP contribution in [0.25, 0.3) is 0 Å². The van der Waals surface area contributed by atoms with Crippen LogP contribution in [0.4, 0.5) is 0 Å². The van der Waals surface area contributed by atoms with E-state index in [1.54, 1.807) is 0 Å². The molecule has 0 saturated heterocycles. The molecule has 14 nitrogen and oxygen atoms in total. The fourth-order valence-corrected chi connectivity index (χ4v) is 0. The first kappa shape index (κ1) is 36.9. The molecule has 0 bridgehead atoms. The molecular formula is CAl2O14S3. The normalized spacial score (nSPS) is 9.10. The van der Waals surface area contributed by atoms with Crippen molar-refractivity contribution in [2.45, 2.75) is 0 Å². The number of carbonyl (C=O) groups excluding carboxylic acids is 2. The van der Waals surface area contributed by atoms with Gasteiger partial charge in [0.15, 0.2) is 0 Å². The summed E-state index contributed by atoms with van der Waals surface area (Å²) in [7, 11) is -15.5. The zero-order valence-corrected chi connectivity index (χ0v) is 13.4. The van der Waals surface area contributed by atoms with E-state index in [0.29, 0.717) is 0 Å². The predicted molar refractivity (Wildman–Crippen MR) is 47.9 cm³/mol. The molecule has 0 radical (unpaired) electrons. The third-order valence-electron chi connectivity index (χ3n) is 0. The van der Waals surface area contributed by atoms with Crippen molar-refractivity contribution in [3.63, 3.8) is 0 Å². The molecule has 0 aromatic heterocycles. The summed E-state index contributed by atoms with van der Waals surface area (Å²) in [6.07, 6.45) is 0.250. The second kappa shape index (κ2) is 17.1. The summed E-state index contributed by atoms with van der Waals surface area (Å²) in [5.41, 5.74) is 0. The Bertz CT molecular complexity index is 422. The Kier molecular flexibility index (Phi) is 31.5. The SMILES string of the molecule is O=C=O.O=S(=O)([O-])[O-].O=S(=O)([O-])[O-].O=S(=O)([O-])[O-].[Al+3].[Al+3]. The van der Waals surface area contributed by atoms with Gasteiger partial charge < -0.3 is 27.3 Å². The predicted octanol–water partition coefficient (Wildman–Crippen LogP) is -5.36. The summed E-state index contributed by atoms with van der Waals surface area (Å²) < 4.78 is 102. The van der Waals surface area contributed by atoms with Crippen molar-refractivity contribution in [1.29, 1.82) is 0 Å². The average molecular weight is 386 g/mol. The van der Waals surface area contributed by atoms with Gasteiger partial charge in [0.1, 0.15) is 0 Å². The van der Waals surface area contributed by atoms with Gasteiger partial charge in [0, 0.05) is 31.2 Å². The van der Waals surface area contributed by atoms with Crippen LogP contribution in [0.5, 0.6) is 0 Å². The Balaban J connectivity index is -0.0000000321. The van der Waals surface area contributed by atoms with Gasteiger partial charge in [-0.15, -0.1) is 0 Å². The van der Waals surface area contributed by atoms with Crippen LogP contribution in [-0.4, -0.2) is 93.4 Å². The molecule has 19 heteroatoms. The van der Waals surface area contributed by atoms with Gasteiger partial charge in [0.05, 0.1) is 0 Å². The smallest absolute Gasteiger partial charge is 0.759 e. The fourth-order valence-electron chi connectivity index (χ4n) is 0. The Labute approximate surface area is 134 Å². The summed E-state index contributed by atoms with van der Waals surface area (Å²) in [5.74, 6) is 0. The van der Waals surface area contributed by atoms with Crippen molar-refractivity contribution in [3.05, 3.63) is 0 Å². The van der Waals surface area contributed by atoms with Crippen LogP contribution in [0.1, 0.15) is 0 Å². The van der Waals surface area contributed by atoms with Crippen LogP contribution in [0.2, 0.25) is 0 Å². The van der Waals surface area contributed by atoms with Crippen molar-refractivity contribution >= 4 is 72.1 Å². The van der Waals surface area contributed by atoms with E-state index in [-0.39, 0.29) is 40.9 Å². The van der Waals surface area contributed by atoms with Crippen molar-refractivity contribution < 1.29 is 62.2 Å². The van der Waals surface area contributed by atoms with E-state index in [9.17, 15) is 0 Å². The molecule has 0 rings (SSSR count). The molecule has 0 saturated carbocycles. The van der Waals surface area contributed by atoms with Gasteiger partial charge >= 0.3 is 40.9 Å². The summed E-state index contributed by atoms with van der Waals surface area (Å²) in [5, 5.41) is 0. The molecule has 0 fully saturated rings. The molecule has 0 heterocycles. The molecular weight excluding hydrogens is 386 g/mol. The minimum Gasteiger partial charge on any atom is -0.759 e. The molecule has 0 aromatic rings.